The van der Waals surface area contributed by atoms with Crippen LogP contribution in [0, 0.1) is 12.8 Å². The first kappa shape index (κ1) is 20.6. The van der Waals surface area contributed by atoms with Crippen LogP contribution in [0.5, 0.6) is 0 Å². The van der Waals surface area contributed by atoms with Gasteiger partial charge in [-0.05, 0) is 37.0 Å². The molecule has 0 aromatic heterocycles. The van der Waals surface area contributed by atoms with E-state index in [1.807, 2.05) is 51.1 Å². The number of benzene rings is 2. The third-order valence-electron chi connectivity index (χ3n) is 5.07. The van der Waals surface area contributed by atoms with E-state index < -0.39 is 16.1 Å². The van der Waals surface area contributed by atoms with Crippen molar-refractivity contribution in [2.45, 2.75) is 44.7 Å². The molecule has 5 nitrogen and oxygen atoms in total. The maximum absolute atomic E-state index is 13.3. The first-order chi connectivity index (χ1) is 13.3. The predicted molar refractivity (Wildman–Crippen MR) is 110 cm³/mol. The van der Waals surface area contributed by atoms with Crippen molar-refractivity contribution >= 4 is 15.9 Å². The number of amides is 1. The Bertz CT molecular complexity index is 909. The van der Waals surface area contributed by atoms with Crippen molar-refractivity contribution in [3.05, 3.63) is 65.7 Å². The normalized spacial score (nSPS) is 18.6. The number of sulfonamides is 1. The van der Waals surface area contributed by atoms with Gasteiger partial charge < -0.3 is 4.90 Å². The van der Waals surface area contributed by atoms with Crippen molar-refractivity contribution in [2.24, 2.45) is 5.92 Å². The lowest BCUT2D eigenvalue weighted by atomic mass is 10.0. The van der Waals surface area contributed by atoms with Crippen LogP contribution in [-0.4, -0.2) is 42.7 Å². The minimum Gasteiger partial charge on any atom is -0.336 e. The van der Waals surface area contributed by atoms with Gasteiger partial charge in [0.15, 0.2) is 0 Å². The highest BCUT2D eigenvalue weighted by molar-refractivity contribution is 7.89. The molecule has 0 unspecified atom stereocenters. The number of nitrogens with zero attached hydrogens (tertiary/aromatic N) is 2. The van der Waals surface area contributed by atoms with E-state index in [1.165, 1.54) is 4.31 Å². The lowest BCUT2D eigenvalue weighted by Gasteiger charge is -2.40. The zero-order valence-corrected chi connectivity index (χ0v) is 17.5. The summed E-state index contributed by atoms with van der Waals surface area (Å²) < 4.78 is 27.9. The molecule has 2 aromatic carbocycles. The summed E-state index contributed by atoms with van der Waals surface area (Å²) in [6, 6.07) is 16.0. The van der Waals surface area contributed by atoms with E-state index in [9.17, 15) is 13.2 Å². The van der Waals surface area contributed by atoms with Crippen LogP contribution >= 0.6 is 0 Å². The van der Waals surface area contributed by atoms with E-state index in [-0.39, 0.29) is 16.7 Å². The van der Waals surface area contributed by atoms with Gasteiger partial charge in [-0.1, -0.05) is 61.9 Å². The summed E-state index contributed by atoms with van der Waals surface area (Å²) in [6.07, 6.45) is 0.509. The van der Waals surface area contributed by atoms with Crippen LogP contribution in [0.1, 0.15) is 31.4 Å². The van der Waals surface area contributed by atoms with Gasteiger partial charge in [-0.3, -0.25) is 4.79 Å². The zero-order chi connectivity index (χ0) is 20.3. The van der Waals surface area contributed by atoms with Crippen molar-refractivity contribution in [2.75, 3.05) is 13.1 Å². The van der Waals surface area contributed by atoms with Crippen molar-refractivity contribution < 1.29 is 13.2 Å². The fourth-order valence-electron chi connectivity index (χ4n) is 3.58. The van der Waals surface area contributed by atoms with Crippen molar-refractivity contribution in [1.29, 1.82) is 0 Å². The summed E-state index contributed by atoms with van der Waals surface area (Å²) in [7, 11) is -3.72. The lowest BCUT2D eigenvalue weighted by molar-refractivity contribution is -0.140. The van der Waals surface area contributed by atoms with Crippen LogP contribution in [-0.2, 0) is 21.4 Å². The summed E-state index contributed by atoms with van der Waals surface area (Å²) in [5.74, 6) is 0.0980. The van der Waals surface area contributed by atoms with Crippen molar-refractivity contribution in [3.63, 3.8) is 0 Å². The van der Waals surface area contributed by atoms with E-state index in [2.05, 4.69) is 0 Å². The summed E-state index contributed by atoms with van der Waals surface area (Å²) in [6.45, 7) is 7.16. The van der Waals surface area contributed by atoms with Crippen LogP contribution < -0.4 is 0 Å². The number of hydrogen-bond acceptors (Lipinski definition) is 3. The summed E-state index contributed by atoms with van der Waals surface area (Å²) in [5.41, 5.74) is 2.05. The smallest absolute Gasteiger partial charge is 0.243 e. The van der Waals surface area contributed by atoms with E-state index in [0.29, 0.717) is 26.1 Å². The van der Waals surface area contributed by atoms with Crippen LogP contribution in [0.25, 0.3) is 0 Å². The molecule has 0 spiro atoms. The molecule has 0 radical (unpaired) electrons. The van der Waals surface area contributed by atoms with Gasteiger partial charge >= 0.3 is 0 Å². The Morgan fingerprint density at radius 2 is 1.64 bits per heavy atom. The number of rotatable bonds is 6. The van der Waals surface area contributed by atoms with Crippen molar-refractivity contribution in [3.8, 4) is 0 Å². The largest absolute Gasteiger partial charge is 0.336 e. The number of hydrogen-bond donors (Lipinski definition) is 0. The van der Waals surface area contributed by atoms with Crippen LogP contribution in [0.15, 0.2) is 59.5 Å². The molecule has 3 rings (SSSR count). The quantitative estimate of drug-likeness (QED) is 0.746. The molecule has 0 bridgehead atoms. The molecule has 6 heteroatoms. The maximum Gasteiger partial charge on any atom is 0.243 e. The molecular formula is C22H28N2O3S. The van der Waals surface area contributed by atoms with E-state index in [0.717, 1.165) is 11.1 Å². The predicted octanol–water partition coefficient (Wildman–Crippen LogP) is 3.44. The summed E-state index contributed by atoms with van der Waals surface area (Å²) in [5, 5.41) is 0. The average Bonchev–Trinajstić information content (AvgIpc) is 2.66. The molecule has 2 aromatic rings. The van der Waals surface area contributed by atoms with Crippen LogP contribution in [0.4, 0.5) is 0 Å². The van der Waals surface area contributed by atoms with Gasteiger partial charge in [-0.15, -0.1) is 0 Å². The average molecular weight is 401 g/mol. The Morgan fingerprint density at radius 1 is 1.00 bits per heavy atom. The fraction of sp³-hybridized carbons (Fsp3) is 0.409. The summed E-state index contributed by atoms with van der Waals surface area (Å²) >= 11 is 0. The zero-order valence-electron chi connectivity index (χ0n) is 16.7. The Balaban J connectivity index is 1.87. The highest BCUT2D eigenvalue weighted by atomic mass is 32.2. The van der Waals surface area contributed by atoms with E-state index >= 15 is 0 Å². The van der Waals surface area contributed by atoms with Crippen LogP contribution in [0.3, 0.4) is 0 Å². The van der Waals surface area contributed by atoms with Gasteiger partial charge in [-0.25, -0.2) is 8.42 Å². The molecule has 1 aliphatic rings. The Labute approximate surface area is 168 Å². The van der Waals surface area contributed by atoms with Gasteiger partial charge in [0.05, 0.1) is 4.90 Å². The van der Waals surface area contributed by atoms with Gasteiger partial charge in [0, 0.05) is 19.6 Å². The van der Waals surface area contributed by atoms with Gasteiger partial charge in [0.1, 0.15) is 6.04 Å². The highest BCUT2D eigenvalue weighted by Gasteiger charge is 2.41. The second-order valence-corrected chi connectivity index (χ2v) is 9.71. The second kappa shape index (κ2) is 8.45. The lowest BCUT2D eigenvalue weighted by Crippen LogP contribution is -2.58. The molecular weight excluding hydrogens is 372 g/mol. The molecule has 1 aliphatic heterocycles. The molecule has 1 saturated heterocycles. The minimum atomic E-state index is -3.72. The molecule has 1 fully saturated rings. The number of carbonyl (C=O) groups is 1. The SMILES string of the molecule is Cc1ccc(S(=O)(=O)N2CCN(Cc3ccccc3)C(=O)[C@@H]2CC(C)C)cc1. The topological polar surface area (TPSA) is 57.7 Å². The minimum absolute atomic E-state index is 0.112. The first-order valence-electron chi connectivity index (χ1n) is 9.70. The number of carbonyl (C=O) groups excluding carboxylic acids is 1. The second-order valence-electron chi connectivity index (χ2n) is 7.82. The monoisotopic (exact) mass is 400 g/mol. The molecule has 28 heavy (non-hydrogen) atoms. The van der Waals surface area contributed by atoms with E-state index in [1.54, 1.807) is 29.2 Å². The standard InChI is InChI=1S/C22H28N2O3S/c1-17(2)15-21-22(25)23(16-19-7-5-4-6-8-19)13-14-24(21)28(26,27)20-11-9-18(3)10-12-20/h4-12,17,21H,13-16H2,1-3H3/t21-/m0/s1. The maximum atomic E-state index is 13.3. The first-order valence-corrected chi connectivity index (χ1v) is 11.1. The van der Waals surface area contributed by atoms with Crippen LogP contribution in [0.2, 0.25) is 0 Å². The number of piperazine rings is 1. The Morgan fingerprint density at radius 3 is 2.25 bits per heavy atom. The molecule has 0 N–H and O–H groups in total. The molecule has 1 atom stereocenters. The third-order valence-corrected chi connectivity index (χ3v) is 7.00. The fourth-order valence-corrected chi connectivity index (χ4v) is 5.16. The Hall–Kier alpha value is -2.18. The van der Waals surface area contributed by atoms with Gasteiger partial charge in [0.25, 0.3) is 0 Å². The highest BCUT2D eigenvalue weighted by Crippen LogP contribution is 2.27. The molecule has 1 amide bonds. The summed E-state index contributed by atoms with van der Waals surface area (Å²) in [4.78, 5) is 15.3. The molecule has 0 saturated carbocycles. The van der Waals surface area contributed by atoms with E-state index in [4.69, 9.17) is 0 Å². The molecule has 150 valence electrons. The molecule has 0 aliphatic carbocycles. The van der Waals surface area contributed by atoms with Crippen molar-refractivity contribution in [1.82, 2.24) is 9.21 Å². The van der Waals surface area contributed by atoms with Gasteiger partial charge in [0.2, 0.25) is 15.9 Å². The third kappa shape index (κ3) is 4.45. The van der Waals surface area contributed by atoms with Gasteiger partial charge in [-0.2, -0.15) is 4.31 Å². The number of aryl methyl sites for hydroxylation is 1. The Kier molecular flexibility index (Phi) is 6.20. The molecule has 1 heterocycles.